The Morgan fingerprint density at radius 3 is 2.47 bits per heavy atom. The van der Waals surface area contributed by atoms with Crippen LogP contribution in [0, 0.1) is 5.92 Å². The van der Waals surface area contributed by atoms with Crippen LogP contribution < -0.4 is 5.73 Å². The van der Waals surface area contributed by atoms with Crippen molar-refractivity contribution in [1.82, 2.24) is 9.80 Å². The van der Waals surface area contributed by atoms with E-state index in [1.54, 1.807) is 0 Å². The van der Waals surface area contributed by atoms with Crippen LogP contribution in [0.2, 0.25) is 0 Å². The van der Waals surface area contributed by atoms with Crippen molar-refractivity contribution >= 4 is 0 Å². The monoisotopic (exact) mass is 267 g/mol. The smallest absolute Gasteiger partial charge is 0.0661 e. The van der Waals surface area contributed by atoms with Gasteiger partial charge < -0.3 is 10.5 Å². The fourth-order valence-electron chi connectivity index (χ4n) is 4.24. The molecule has 3 fully saturated rings. The lowest BCUT2D eigenvalue weighted by molar-refractivity contribution is 0.00964. The van der Waals surface area contributed by atoms with E-state index in [1.165, 1.54) is 58.3 Å². The highest BCUT2D eigenvalue weighted by Crippen LogP contribution is 2.44. The zero-order valence-corrected chi connectivity index (χ0v) is 12.3. The molecule has 4 heteroatoms. The molecule has 19 heavy (non-hydrogen) atoms. The molecule has 110 valence electrons. The van der Waals surface area contributed by atoms with Crippen LogP contribution in [0.1, 0.15) is 32.1 Å². The SMILES string of the molecule is COCC(CN)(C1CC1)N1CCC(N2CCCC2)C1. The van der Waals surface area contributed by atoms with E-state index in [0.717, 1.165) is 25.1 Å². The van der Waals surface area contributed by atoms with E-state index < -0.39 is 0 Å². The number of ether oxygens (including phenoxy) is 1. The van der Waals surface area contributed by atoms with Crippen molar-refractivity contribution in [2.24, 2.45) is 11.7 Å². The lowest BCUT2D eigenvalue weighted by Crippen LogP contribution is -2.58. The maximum Gasteiger partial charge on any atom is 0.0661 e. The summed E-state index contributed by atoms with van der Waals surface area (Å²) < 4.78 is 5.54. The molecule has 3 rings (SSSR count). The Morgan fingerprint density at radius 1 is 1.16 bits per heavy atom. The van der Waals surface area contributed by atoms with E-state index in [2.05, 4.69) is 9.80 Å². The van der Waals surface area contributed by atoms with Crippen molar-refractivity contribution < 1.29 is 4.74 Å². The minimum atomic E-state index is 0.128. The number of nitrogens with zero attached hydrogens (tertiary/aromatic N) is 2. The van der Waals surface area contributed by atoms with E-state index in [9.17, 15) is 0 Å². The van der Waals surface area contributed by atoms with Gasteiger partial charge in [-0.1, -0.05) is 0 Å². The first kappa shape index (κ1) is 13.8. The number of hydrogen-bond acceptors (Lipinski definition) is 4. The van der Waals surface area contributed by atoms with Gasteiger partial charge in [-0.05, 0) is 51.1 Å². The lowest BCUT2D eigenvalue weighted by Gasteiger charge is -2.41. The summed E-state index contributed by atoms with van der Waals surface area (Å²) in [5.74, 6) is 0.773. The van der Waals surface area contributed by atoms with Gasteiger partial charge in [-0.15, -0.1) is 0 Å². The second-order valence-corrected chi connectivity index (χ2v) is 6.65. The molecule has 2 N–H and O–H groups in total. The summed E-state index contributed by atoms with van der Waals surface area (Å²) in [7, 11) is 1.82. The van der Waals surface area contributed by atoms with Gasteiger partial charge in [0.15, 0.2) is 0 Å². The summed E-state index contributed by atoms with van der Waals surface area (Å²) in [5.41, 5.74) is 6.31. The van der Waals surface area contributed by atoms with Crippen molar-refractivity contribution in [2.75, 3.05) is 46.4 Å². The van der Waals surface area contributed by atoms with E-state index in [0.29, 0.717) is 0 Å². The Bertz CT molecular complexity index is 302. The van der Waals surface area contributed by atoms with Gasteiger partial charge in [-0.3, -0.25) is 9.80 Å². The van der Waals surface area contributed by atoms with Crippen LogP contribution in [-0.4, -0.2) is 67.8 Å². The molecule has 2 unspecified atom stereocenters. The third-order valence-corrected chi connectivity index (χ3v) is 5.54. The largest absolute Gasteiger partial charge is 0.383 e. The molecule has 0 aromatic carbocycles. The van der Waals surface area contributed by atoms with Crippen LogP contribution in [-0.2, 0) is 4.74 Å². The number of likely N-dealkylation sites (tertiary alicyclic amines) is 2. The zero-order chi connectivity index (χ0) is 13.3. The first-order valence-corrected chi connectivity index (χ1v) is 7.98. The molecular formula is C15H29N3O. The van der Waals surface area contributed by atoms with Crippen molar-refractivity contribution in [3.63, 3.8) is 0 Å². The van der Waals surface area contributed by atoms with E-state index in [-0.39, 0.29) is 5.54 Å². The van der Waals surface area contributed by atoms with Crippen LogP contribution in [0.3, 0.4) is 0 Å². The van der Waals surface area contributed by atoms with Crippen molar-refractivity contribution in [3.05, 3.63) is 0 Å². The van der Waals surface area contributed by atoms with Gasteiger partial charge in [0.2, 0.25) is 0 Å². The van der Waals surface area contributed by atoms with E-state index in [1.807, 2.05) is 7.11 Å². The maximum atomic E-state index is 6.18. The normalized spacial score (nSPS) is 32.8. The molecule has 1 aliphatic carbocycles. The molecule has 0 aromatic rings. The van der Waals surface area contributed by atoms with Crippen molar-refractivity contribution in [3.8, 4) is 0 Å². The summed E-state index contributed by atoms with van der Waals surface area (Å²) in [4.78, 5) is 5.36. The maximum absolute atomic E-state index is 6.18. The highest BCUT2D eigenvalue weighted by molar-refractivity contribution is 5.06. The molecule has 0 radical (unpaired) electrons. The zero-order valence-electron chi connectivity index (χ0n) is 12.3. The fraction of sp³-hybridized carbons (Fsp3) is 1.00. The molecule has 2 heterocycles. The minimum absolute atomic E-state index is 0.128. The number of nitrogens with two attached hydrogens (primary N) is 1. The Morgan fingerprint density at radius 2 is 1.89 bits per heavy atom. The van der Waals surface area contributed by atoms with Gasteiger partial charge in [0.1, 0.15) is 0 Å². The second kappa shape index (κ2) is 5.68. The molecule has 0 aromatic heterocycles. The van der Waals surface area contributed by atoms with E-state index in [4.69, 9.17) is 10.5 Å². The van der Waals surface area contributed by atoms with Gasteiger partial charge in [0.25, 0.3) is 0 Å². The lowest BCUT2D eigenvalue weighted by atomic mass is 9.92. The topological polar surface area (TPSA) is 41.7 Å². The molecular weight excluding hydrogens is 238 g/mol. The molecule has 0 spiro atoms. The predicted molar refractivity (Wildman–Crippen MR) is 77.2 cm³/mol. The quantitative estimate of drug-likeness (QED) is 0.777. The van der Waals surface area contributed by atoms with Gasteiger partial charge in [-0.2, -0.15) is 0 Å². The highest BCUT2D eigenvalue weighted by atomic mass is 16.5. The summed E-state index contributed by atoms with van der Waals surface area (Å²) in [6.07, 6.45) is 6.77. The van der Waals surface area contributed by atoms with E-state index >= 15 is 0 Å². The average Bonchev–Trinajstić information content (AvgIpc) is 2.95. The number of hydrogen-bond donors (Lipinski definition) is 1. The summed E-state index contributed by atoms with van der Waals surface area (Å²) in [5, 5.41) is 0. The summed E-state index contributed by atoms with van der Waals surface area (Å²) in [6.45, 7) is 6.58. The molecule has 0 amide bonds. The minimum Gasteiger partial charge on any atom is -0.383 e. The number of methoxy groups -OCH3 is 1. The van der Waals surface area contributed by atoms with Crippen LogP contribution in [0.25, 0.3) is 0 Å². The molecule has 2 aliphatic heterocycles. The Balaban J connectivity index is 1.66. The average molecular weight is 267 g/mol. The summed E-state index contributed by atoms with van der Waals surface area (Å²) >= 11 is 0. The standard InChI is InChI=1S/C15H29N3O/c1-19-12-15(11-16,13-4-5-13)18-9-6-14(10-18)17-7-2-3-8-17/h13-14H,2-12,16H2,1H3. The molecule has 3 aliphatic rings. The first-order chi connectivity index (χ1) is 9.30. The third kappa shape index (κ3) is 2.56. The Labute approximate surface area is 117 Å². The molecule has 1 saturated carbocycles. The first-order valence-electron chi connectivity index (χ1n) is 7.98. The van der Waals surface area contributed by atoms with Crippen LogP contribution in [0.15, 0.2) is 0 Å². The van der Waals surface area contributed by atoms with Crippen molar-refractivity contribution in [2.45, 2.75) is 43.7 Å². The number of rotatable bonds is 6. The summed E-state index contributed by atoms with van der Waals surface area (Å²) in [6, 6.07) is 0.768. The van der Waals surface area contributed by atoms with Gasteiger partial charge in [0.05, 0.1) is 12.1 Å². The molecule has 2 saturated heterocycles. The third-order valence-electron chi connectivity index (χ3n) is 5.54. The van der Waals surface area contributed by atoms with Gasteiger partial charge >= 0.3 is 0 Å². The van der Waals surface area contributed by atoms with Crippen LogP contribution in [0.4, 0.5) is 0 Å². The fourth-order valence-corrected chi connectivity index (χ4v) is 4.24. The molecule has 0 bridgehead atoms. The van der Waals surface area contributed by atoms with Crippen LogP contribution in [0.5, 0.6) is 0 Å². The van der Waals surface area contributed by atoms with Crippen molar-refractivity contribution in [1.29, 1.82) is 0 Å². The Kier molecular flexibility index (Phi) is 4.13. The predicted octanol–water partition coefficient (Wildman–Crippen LogP) is 0.910. The van der Waals surface area contributed by atoms with Gasteiger partial charge in [-0.25, -0.2) is 0 Å². The Hall–Kier alpha value is -0.160. The molecule has 4 nitrogen and oxygen atoms in total. The van der Waals surface area contributed by atoms with Gasteiger partial charge in [0, 0.05) is 32.8 Å². The second-order valence-electron chi connectivity index (χ2n) is 6.65. The van der Waals surface area contributed by atoms with Crippen LogP contribution >= 0.6 is 0 Å². The highest BCUT2D eigenvalue weighted by Gasteiger charge is 2.50. The molecule has 2 atom stereocenters.